The first-order chi connectivity index (χ1) is 8.02. The van der Waals surface area contributed by atoms with Crippen LogP contribution in [0.3, 0.4) is 0 Å². The Kier molecular flexibility index (Phi) is 5.62. The fraction of sp³-hybridized carbons (Fsp3) is 0.462. The Bertz CT molecular complexity index is 375. The Balaban J connectivity index is 2.63. The van der Waals surface area contributed by atoms with E-state index in [0.29, 0.717) is 5.56 Å². The Morgan fingerprint density at radius 1 is 1.47 bits per heavy atom. The van der Waals surface area contributed by atoms with Crippen molar-refractivity contribution in [3.05, 3.63) is 35.1 Å². The number of rotatable bonds is 5. The summed E-state index contributed by atoms with van der Waals surface area (Å²) in [4.78, 5) is 11.8. The van der Waals surface area contributed by atoms with Crippen molar-refractivity contribution < 1.29 is 9.18 Å². The monoisotopic (exact) mass is 301 g/mol. The van der Waals surface area contributed by atoms with Crippen LogP contribution in [-0.4, -0.2) is 17.3 Å². The smallest absolute Gasteiger partial charge is 0.251 e. The molecule has 0 spiro atoms. The number of hydrogen-bond donors (Lipinski definition) is 1. The van der Waals surface area contributed by atoms with Gasteiger partial charge in [-0.25, -0.2) is 4.39 Å². The van der Waals surface area contributed by atoms with Crippen LogP contribution < -0.4 is 5.32 Å². The molecule has 2 nitrogen and oxygen atoms in total. The second kappa shape index (κ2) is 6.74. The van der Waals surface area contributed by atoms with E-state index in [1.807, 2.05) is 6.92 Å². The van der Waals surface area contributed by atoms with Crippen molar-refractivity contribution in [3.63, 3.8) is 0 Å². The Labute approximate surface area is 110 Å². The normalized spacial score (nSPS) is 12.2. The molecule has 0 bridgehead atoms. The number of halogens is 2. The maximum atomic E-state index is 13.1. The van der Waals surface area contributed by atoms with Crippen molar-refractivity contribution in [3.8, 4) is 0 Å². The lowest BCUT2D eigenvalue weighted by Crippen LogP contribution is -2.32. The van der Waals surface area contributed by atoms with E-state index in [1.165, 1.54) is 12.1 Å². The van der Waals surface area contributed by atoms with Crippen molar-refractivity contribution in [2.75, 3.05) is 5.33 Å². The lowest BCUT2D eigenvalue weighted by Gasteiger charge is -2.13. The fourth-order valence-corrected chi connectivity index (χ4v) is 1.95. The van der Waals surface area contributed by atoms with E-state index >= 15 is 0 Å². The van der Waals surface area contributed by atoms with Gasteiger partial charge in [-0.2, -0.15) is 0 Å². The third-order valence-corrected chi connectivity index (χ3v) is 3.01. The average molecular weight is 302 g/mol. The molecule has 4 heteroatoms. The highest BCUT2D eigenvalue weighted by atomic mass is 79.9. The minimum atomic E-state index is -0.372. The van der Waals surface area contributed by atoms with Gasteiger partial charge in [-0.05, 0) is 50.5 Å². The SMILES string of the molecule is Cc1cc(F)cc(C(=O)NC(C)CCCBr)c1. The highest BCUT2D eigenvalue weighted by Crippen LogP contribution is 2.09. The third kappa shape index (κ3) is 4.86. The summed E-state index contributed by atoms with van der Waals surface area (Å²) in [6, 6.07) is 4.46. The topological polar surface area (TPSA) is 29.1 Å². The highest BCUT2D eigenvalue weighted by Gasteiger charge is 2.10. The van der Waals surface area contributed by atoms with Crippen molar-refractivity contribution >= 4 is 21.8 Å². The zero-order valence-corrected chi connectivity index (χ0v) is 11.7. The molecule has 17 heavy (non-hydrogen) atoms. The van der Waals surface area contributed by atoms with Gasteiger partial charge in [0.25, 0.3) is 5.91 Å². The van der Waals surface area contributed by atoms with Crippen LogP contribution in [-0.2, 0) is 0 Å². The maximum absolute atomic E-state index is 13.1. The molecule has 0 aliphatic rings. The van der Waals surface area contributed by atoms with Crippen LogP contribution in [0.4, 0.5) is 4.39 Å². The summed E-state index contributed by atoms with van der Waals surface area (Å²) in [5.41, 5.74) is 1.14. The van der Waals surface area contributed by atoms with Crippen LogP contribution in [0, 0.1) is 12.7 Å². The molecular weight excluding hydrogens is 285 g/mol. The molecule has 0 saturated carbocycles. The largest absolute Gasteiger partial charge is 0.350 e. The van der Waals surface area contributed by atoms with E-state index in [9.17, 15) is 9.18 Å². The summed E-state index contributed by atoms with van der Waals surface area (Å²) in [5.74, 6) is -0.585. The first kappa shape index (κ1) is 14.2. The summed E-state index contributed by atoms with van der Waals surface area (Å²) in [6.45, 7) is 3.72. The molecule has 0 aliphatic carbocycles. The Morgan fingerprint density at radius 3 is 2.76 bits per heavy atom. The number of carbonyl (C=O) groups excluding carboxylic acids is 1. The maximum Gasteiger partial charge on any atom is 0.251 e. The van der Waals surface area contributed by atoms with E-state index in [0.717, 1.165) is 23.7 Å². The zero-order valence-electron chi connectivity index (χ0n) is 10.1. The van der Waals surface area contributed by atoms with Crippen LogP contribution in [0.15, 0.2) is 18.2 Å². The molecule has 0 aliphatic heterocycles. The van der Waals surface area contributed by atoms with Crippen LogP contribution >= 0.6 is 15.9 Å². The molecule has 0 fully saturated rings. The number of amides is 1. The summed E-state index contributed by atoms with van der Waals surface area (Å²) >= 11 is 3.35. The van der Waals surface area contributed by atoms with Gasteiger partial charge >= 0.3 is 0 Å². The average Bonchev–Trinajstić information content (AvgIpc) is 2.25. The van der Waals surface area contributed by atoms with Gasteiger partial charge in [0.2, 0.25) is 0 Å². The summed E-state index contributed by atoms with van der Waals surface area (Å²) in [7, 11) is 0. The molecule has 1 unspecified atom stereocenters. The summed E-state index contributed by atoms with van der Waals surface area (Å²) < 4.78 is 13.1. The molecule has 1 amide bonds. The van der Waals surface area contributed by atoms with Crippen LogP contribution in [0.25, 0.3) is 0 Å². The van der Waals surface area contributed by atoms with Crippen molar-refractivity contribution in [2.24, 2.45) is 0 Å². The molecule has 1 atom stereocenters. The number of nitrogens with one attached hydrogen (secondary N) is 1. The number of carbonyl (C=O) groups is 1. The van der Waals surface area contributed by atoms with E-state index in [-0.39, 0.29) is 17.8 Å². The van der Waals surface area contributed by atoms with E-state index in [2.05, 4.69) is 21.2 Å². The minimum Gasteiger partial charge on any atom is -0.350 e. The molecule has 1 aromatic rings. The minimum absolute atomic E-state index is 0.101. The second-order valence-corrected chi connectivity index (χ2v) is 5.02. The molecule has 0 aromatic heterocycles. The van der Waals surface area contributed by atoms with E-state index < -0.39 is 0 Å². The number of alkyl halides is 1. The van der Waals surface area contributed by atoms with Crippen molar-refractivity contribution in [2.45, 2.75) is 32.7 Å². The number of benzene rings is 1. The van der Waals surface area contributed by atoms with Crippen LogP contribution in [0.1, 0.15) is 35.7 Å². The quantitative estimate of drug-likeness (QED) is 0.830. The van der Waals surface area contributed by atoms with Gasteiger partial charge in [-0.15, -0.1) is 0 Å². The van der Waals surface area contributed by atoms with Crippen LogP contribution in [0.2, 0.25) is 0 Å². The molecule has 94 valence electrons. The van der Waals surface area contributed by atoms with Gasteiger partial charge in [0, 0.05) is 16.9 Å². The van der Waals surface area contributed by atoms with E-state index in [1.54, 1.807) is 13.0 Å². The Hall–Kier alpha value is -0.900. The molecule has 0 radical (unpaired) electrons. The fourth-order valence-electron chi connectivity index (χ4n) is 1.63. The van der Waals surface area contributed by atoms with Gasteiger partial charge in [-0.1, -0.05) is 15.9 Å². The van der Waals surface area contributed by atoms with E-state index in [4.69, 9.17) is 0 Å². The second-order valence-electron chi connectivity index (χ2n) is 4.22. The first-order valence-electron chi connectivity index (χ1n) is 5.67. The summed E-state index contributed by atoms with van der Waals surface area (Å²) in [6.07, 6.45) is 1.91. The molecule has 1 N–H and O–H groups in total. The van der Waals surface area contributed by atoms with Gasteiger partial charge in [-0.3, -0.25) is 4.79 Å². The lowest BCUT2D eigenvalue weighted by atomic mass is 10.1. The zero-order chi connectivity index (χ0) is 12.8. The predicted octanol–water partition coefficient (Wildman–Crippen LogP) is 3.43. The predicted molar refractivity (Wildman–Crippen MR) is 71.1 cm³/mol. The number of hydrogen-bond acceptors (Lipinski definition) is 1. The molecule has 0 heterocycles. The van der Waals surface area contributed by atoms with Crippen molar-refractivity contribution in [1.82, 2.24) is 5.32 Å². The Morgan fingerprint density at radius 2 is 2.18 bits per heavy atom. The lowest BCUT2D eigenvalue weighted by molar-refractivity contribution is 0.0938. The standard InChI is InChI=1S/C13H17BrFNO/c1-9-6-11(8-12(15)7-9)13(17)16-10(2)4-3-5-14/h6-8,10H,3-5H2,1-2H3,(H,16,17). The molecule has 1 aromatic carbocycles. The molecular formula is C13H17BrFNO. The van der Waals surface area contributed by atoms with Crippen molar-refractivity contribution in [1.29, 1.82) is 0 Å². The first-order valence-corrected chi connectivity index (χ1v) is 6.79. The molecule has 0 saturated heterocycles. The summed E-state index contributed by atoms with van der Waals surface area (Å²) in [5, 5.41) is 3.78. The molecule has 1 rings (SSSR count). The van der Waals surface area contributed by atoms with Gasteiger partial charge < -0.3 is 5.32 Å². The third-order valence-electron chi connectivity index (χ3n) is 2.45. The number of aryl methyl sites for hydroxylation is 1. The highest BCUT2D eigenvalue weighted by molar-refractivity contribution is 9.09. The van der Waals surface area contributed by atoms with Gasteiger partial charge in [0.15, 0.2) is 0 Å². The van der Waals surface area contributed by atoms with Gasteiger partial charge in [0.05, 0.1) is 0 Å². The van der Waals surface area contributed by atoms with Gasteiger partial charge in [0.1, 0.15) is 5.82 Å². The van der Waals surface area contributed by atoms with Crippen LogP contribution in [0.5, 0.6) is 0 Å².